The molecule has 0 aromatic rings. The summed E-state index contributed by atoms with van der Waals surface area (Å²) in [7, 11) is -5.11. The van der Waals surface area contributed by atoms with Gasteiger partial charge >= 0.3 is 19.8 Å². The monoisotopic (exact) mass is 867 g/mol. The van der Waals surface area contributed by atoms with E-state index in [1.807, 2.05) is 0 Å². The summed E-state index contributed by atoms with van der Waals surface area (Å²) in [4.78, 5) is 35.6. The number of esters is 2. The van der Waals surface area contributed by atoms with Crippen LogP contribution < -0.4 is 0 Å². The van der Waals surface area contributed by atoms with Gasteiger partial charge in [0.2, 0.25) is 0 Å². The molecule has 0 aliphatic heterocycles. The second-order valence-electron chi connectivity index (χ2n) is 17.0. The molecular formula is C45H87O13P. The predicted octanol–water partition coefficient (Wildman–Crippen LogP) is 9.28. The summed E-state index contributed by atoms with van der Waals surface area (Å²) in [5, 5.41) is 50.1. The first-order valence-electron chi connectivity index (χ1n) is 23.8. The van der Waals surface area contributed by atoms with E-state index >= 15 is 0 Å². The molecule has 1 aliphatic rings. The van der Waals surface area contributed by atoms with Gasteiger partial charge in [0.15, 0.2) is 6.10 Å². The molecule has 350 valence electrons. The maximum atomic E-state index is 12.8. The first-order chi connectivity index (χ1) is 28.4. The van der Waals surface area contributed by atoms with Gasteiger partial charge in [-0.25, -0.2) is 4.57 Å². The van der Waals surface area contributed by atoms with E-state index < -0.39 is 75.7 Å². The molecule has 0 aromatic heterocycles. The molecule has 0 radical (unpaired) electrons. The van der Waals surface area contributed by atoms with Gasteiger partial charge in [-0.15, -0.1) is 0 Å². The lowest BCUT2D eigenvalue weighted by Crippen LogP contribution is -2.64. The van der Waals surface area contributed by atoms with Crippen LogP contribution in [0.2, 0.25) is 0 Å². The average Bonchev–Trinajstić information content (AvgIpc) is 3.21. The Bertz CT molecular complexity index is 1050. The predicted molar refractivity (Wildman–Crippen MR) is 231 cm³/mol. The van der Waals surface area contributed by atoms with Crippen LogP contribution in [0, 0.1) is 0 Å². The average molecular weight is 867 g/mol. The van der Waals surface area contributed by atoms with Crippen molar-refractivity contribution in [2.45, 2.75) is 262 Å². The molecule has 1 rings (SSSR count). The zero-order valence-electron chi connectivity index (χ0n) is 37.1. The number of aliphatic hydroxyl groups is 5. The Kier molecular flexibility index (Phi) is 34.4. The first-order valence-corrected chi connectivity index (χ1v) is 25.3. The van der Waals surface area contributed by atoms with E-state index in [4.69, 9.17) is 18.5 Å². The second-order valence-corrected chi connectivity index (χ2v) is 18.4. The number of carbonyl (C=O) groups is 2. The topological polar surface area (TPSA) is 210 Å². The molecule has 1 fully saturated rings. The Labute approximate surface area is 357 Å². The van der Waals surface area contributed by atoms with Crippen molar-refractivity contribution in [1.82, 2.24) is 0 Å². The van der Waals surface area contributed by atoms with Crippen LogP contribution in [0.25, 0.3) is 0 Å². The van der Waals surface area contributed by atoms with Crippen molar-refractivity contribution in [2.24, 2.45) is 0 Å². The van der Waals surface area contributed by atoms with Crippen LogP contribution in [0.15, 0.2) is 0 Å². The van der Waals surface area contributed by atoms with E-state index in [0.29, 0.717) is 12.8 Å². The normalized spacial score (nSPS) is 22.2. The van der Waals surface area contributed by atoms with Crippen LogP contribution in [-0.2, 0) is 32.7 Å². The van der Waals surface area contributed by atoms with Crippen LogP contribution in [0.3, 0.4) is 0 Å². The second kappa shape index (κ2) is 36.3. The third-order valence-corrected chi connectivity index (χ3v) is 12.4. The number of carbonyl (C=O) groups excluding carboxylic acids is 2. The largest absolute Gasteiger partial charge is 0.472 e. The number of hydrogen-bond donors (Lipinski definition) is 6. The van der Waals surface area contributed by atoms with Crippen molar-refractivity contribution in [3.63, 3.8) is 0 Å². The Morgan fingerprint density at radius 1 is 0.458 bits per heavy atom. The smallest absolute Gasteiger partial charge is 0.462 e. The van der Waals surface area contributed by atoms with E-state index in [1.165, 1.54) is 141 Å². The number of unbranched alkanes of at least 4 members (excludes halogenated alkanes) is 28. The van der Waals surface area contributed by atoms with E-state index in [2.05, 4.69) is 13.8 Å². The van der Waals surface area contributed by atoms with E-state index in [1.54, 1.807) is 0 Å². The maximum absolute atomic E-state index is 12.8. The van der Waals surface area contributed by atoms with Crippen molar-refractivity contribution >= 4 is 19.8 Å². The van der Waals surface area contributed by atoms with Gasteiger partial charge < -0.3 is 39.9 Å². The highest BCUT2D eigenvalue weighted by Crippen LogP contribution is 2.47. The molecule has 0 heterocycles. The summed E-state index contributed by atoms with van der Waals surface area (Å²) in [5.41, 5.74) is 0. The molecule has 13 nitrogen and oxygen atoms in total. The molecule has 6 atom stereocenters. The number of phosphoric ester groups is 1. The summed E-state index contributed by atoms with van der Waals surface area (Å²) in [6.45, 7) is 3.29. The number of aliphatic hydroxyl groups excluding tert-OH is 5. The highest BCUT2D eigenvalue weighted by Gasteiger charge is 2.51. The van der Waals surface area contributed by atoms with Gasteiger partial charge in [0.05, 0.1) is 6.61 Å². The zero-order valence-corrected chi connectivity index (χ0v) is 38.0. The van der Waals surface area contributed by atoms with Gasteiger partial charge in [-0.05, 0) is 12.8 Å². The molecule has 1 aliphatic carbocycles. The SMILES string of the molecule is CCCCCCCCCCCCCCCCCCCCCCCC(=O)OC(COC(=O)CCCCCCCCCCC)COP(=O)(O)OC1C(O)C(O)C(O)C(O)C1O. The van der Waals surface area contributed by atoms with Crippen LogP contribution >= 0.6 is 7.82 Å². The third-order valence-electron chi connectivity index (χ3n) is 11.4. The lowest BCUT2D eigenvalue weighted by molar-refractivity contribution is -0.220. The summed E-state index contributed by atoms with van der Waals surface area (Å²) < 4.78 is 33.5. The van der Waals surface area contributed by atoms with Crippen molar-refractivity contribution in [3.8, 4) is 0 Å². The minimum absolute atomic E-state index is 0.105. The Balaban J connectivity index is 2.36. The number of rotatable bonds is 40. The van der Waals surface area contributed by atoms with E-state index in [9.17, 15) is 44.6 Å². The number of phosphoric acid groups is 1. The third kappa shape index (κ3) is 29.0. The Morgan fingerprint density at radius 2 is 0.763 bits per heavy atom. The maximum Gasteiger partial charge on any atom is 0.472 e. The quantitative estimate of drug-likeness (QED) is 0.0193. The summed E-state index contributed by atoms with van der Waals surface area (Å²) in [5.74, 6) is -1.09. The lowest BCUT2D eigenvalue weighted by atomic mass is 9.85. The summed E-state index contributed by atoms with van der Waals surface area (Å²) in [6, 6.07) is 0. The van der Waals surface area contributed by atoms with Crippen LogP contribution in [0.5, 0.6) is 0 Å². The van der Waals surface area contributed by atoms with Gasteiger partial charge in [0.1, 0.15) is 43.2 Å². The fourth-order valence-electron chi connectivity index (χ4n) is 7.58. The van der Waals surface area contributed by atoms with Gasteiger partial charge in [0, 0.05) is 12.8 Å². The highest BCUT2D eigenvalue weighted by atomic mass is 31.2. The fourth-order valence-corrected chi connectivity index (χ4v) is 8.56. The highest BCUT2D eigenvalue weighted by molar-refractivity contribution is 7.47. The van der Waals surface area contributed by atoms with Crippen LogP contribution in [-0.4, -0.2) is 98.3 Å². The Morgan fingerprint density at radius 3 is 1.12 bits per heavy atom. The van der Waals surface area contributed by atoms with Crippen LogP contribution in [0.4, 0.5) is 0 Å². The van der Waals surface area contributed by atoms with Crippen molar-refractivity contribution < 1.29 is 63.1 Å². The summed E-state index contributed by atoms with van der Waals surface area (Å²) >= 11 is 0. The summed E-state index contributed by atoms with van der Waals surface area (Å²) in [6.07, 6.45) is 23.2. The minimum atomic E-state index is -5.11. The molecule has 0 bridgehead atoms. The van der Waals surface area contributed by atoms with E-state index in [-0.39, 0.29) is 12.8 Å². The van der Waals surface area contributed by atoms with Crippen LogP contribution in [0.1, 0.15) is 219 Å². The molecule has 0 amide bonds. The van der Waals surface area contributed by atoms with Crippen molar-refractivity contribution in [2.75, 3.05) is 13.2 Å². The zero-order chi connectivity index (χ0) is 43.6. The van der Waals surface area contributed by atoms with Crippen molar-refractivity contribution in [1.29, 1.82) is 0 Å². The molecule has 59 heavy (non-hydrogen) atoms. The fraction of sp³-hybridized carbons (Fsp3) is 0.956. The first kappa shape index (κ1) is 55.9. The molecule has 0 saturated heterocycles. The van der Waals surface area contributed by atoms with Crippen molar-refractivity contribution in [3.05, 3.63) is 0 Å². The molecule has 6 unspecified atom stereocenters. The molecule has 14 heteroatoms. The molecule has 6 N–H and O–H groups in total. The van der Waals surface area contributed by atoms with Gasteiger partial charge in [-0.3, -0.25) is 18.6 Å². The van der Waals surface area contributed by atoms with Gasteiger partial charge in [0.25, 0.3) is 0 Å². The minimum Gasteiger partial charge on any atom is -0.462 e. The standard InChI is InChI=1S/C45H87O13P/c1-3-5-7-9-11-13-14-15-16-17-18-19-20-21-22-23-24-26-28-30-32-34-39(47)57-37(35-55-38(46)33-31-29-27-25-12-10-8-6-4-2)36-56-59(53,54)58-45-43(51)41(49)40(48)42(50)44(45)52/h37,40-45,48-52H,3-36H2,1-2H3,(H,53,54). The van der Waals surface area contributed by atoms with Gasteiger partial charge in [-0.1, -0.05) is 194 Å². The molecular weight excluding hydrogens is 779 g/mol. The number of hydrogen-bond acceptors (Lipinski definition) is 12. The molecule has 1 saturated carbocycles. The van der Waals surface area contributed by atoms with Gasteiger partial charge in [-0.2, -0.15) is 0 Å². The van der Waals surface area contributed by atoms with E-state index in [0.717, 1.165) is 38.5 Å². The Hall–Kier alpha value is -1.15. The molecule has 0 aromatic carbocycles. The lowest BCUT2D eigenvalue weighted by Gasteiger charge is -2.41. The number of ether oxygens (including phenoxy) is 2. The molecule has 0 spiro atoms.